The number of benzene rings is 1. The van der Waals surface area contributed by atoms with Gasteiger partial charge < -0.3 is 0 Å². The van der Waals surface area contributed by atoms with Crippen LogP contribution in [0.25, 0.3) is 0 Å². The number of rotatable bonds is 4. The predicted molar refractivity (Wildman–Crippen MR) is 64.9 cm³/mol. The fourth-order valence-electron chi connectivity index (χ4n) is 2.30. The zero-order chi connectivity index (χ0) is 10.5. The quantitative estimate of drug-likeness (QED) is 0.726. The van der Waals surface area contributed by atoms with Gasteiger partial charge in [0.1, 0.15) is 0 Å². The lowest BCUT2D eigenvalue weighted by atomic mass is 10.1. The summed E-state index contributed by atoms with van der Waals surface area (Å²) >= 11 is 0. The molecule has 0 spiro atoms. The molecule has 1 saturated heterocycles. The molecule has 0 bridgehead atoms. The van der Waals surface area contributed by atoms with Crippen molar-refractivity contribution in [1.29, 1.82) is 0 Å². The molecule has 1 aliphatic rings. The molecule has 1 nitrogen and oxygen atoms in total. The van der Waals surface area contributed by atoms with E-state index < -0.39 is 0 Å². The summed E-state index contributed by atoms with van der Waals surface area (Å²) in [5, 5.41) is 0. The first-order chi connectivity index (χ1) is 7.38. The first-order valence-electron chi connectivity index (χ1n) is 6.18. The number of aryl methyl sites for hydroxylation is 1. The van der Waals surface area contributed by atoms with Crippen molar-refractivity contribution >= 4 is 0 Å². The van der Waals surface area contributed by atoms with Gasteiger partial charge in [-0.15, -0.1) is 0 Å². The van der Waals surface area contributed by atoms with Gasteiger partial charge in [-0.3, -0.25) is 4.90 Å². The fraction of sp³-hybridized carbons (Fsp3) is 0.571. The monoisotopic (exact) mass is 203 g/mol. The largest absolute Gasteiger partial charge is 0.299 e. The number of likely N-dealkylation sites (tertiary alicyclic amines) is 1. The summed E-state index contributed by atoms with van der Waals surface area (Å²) in [4.78, 5) is 2.55. The fourth-order valence-corrected chi connectivity index (χ4v) is 2.30. The molecule has 1 fully saturated rings. The Balaban J connectivity index is 1.91. The minimum Gasteiger partial charge on any atom is -0.299 e. The minimum absolute atomic E-state index is 1.15. The molecule has 1 heterocycles. The SMILES string of the molecule is CCCc1ccc(CN2CCCC2)cc1. The van der Waals surface area contributed by atoms with E-state index in [1.165, 1.54) is 49.9 Å². The molecule has 0 radical (unpaired) electrons. The first kappa shape index (κ1) is 10.7. The highest BCUT2D eigenvalue weighted by atomic mass is 15.1. The molecule has 82 valence electrons. The molecule has 2 rings (SSSR count). The van der Waals surface area contributed by atoms with Gasteiger partial charge in [0.05, 0.1) is 0 Å². The maximum absolute atomic E-state index is 2.55. The summed E-state index contributed by atoms with van der Waals surface area (Å²) in [7, 11) is 0. The Morgan fingerprint density at radius 1 is 1.00 bits per heavy atom. The van der Waals surface area contributed by atoms with Crippen LogP contribution in [-0.2, 0) is 13.0 Å². The van der Waals surface area contributed by atoms with Crippen molar-refractivity contribution in [3.63, 3.8) is 0 Å². The molecule has 0 aliphatic carbocycles. The topological polar surface area (TPSA) is 3.24 Å². The molecular weight excluding hydrogens is 182 g/mol. The van der Waals surface area contributed by atoms with E-state index >= 15 is 0 Å². The van der Waals surface area contributed by atoms with Crippen molar-refractivity contribution in [1.82, 2.24) is 4.90 Å². The second-order valence-corrected chi connectivity index (χ2v) is 4.55. The number of hydrogen-bond donors (Lipinski definition) is 0. The van der Waals surface area contributed by atoms with E-state index in [4.69, 9.17) is 0 Å². The van der Waals surface area contributed by atoms with Crippen LogP contribution in [-0.4, -0.2) is 18.0 Å². The van der Waals surface area contributed by atoms with Crippen LogP contribution in [0.4, 0.5) is 0 Å². The van der Waals surface area contributed by atoms with Crippen molar-refractivity contribution in [3.05, 3.63) is 35.4 Å². The summed E-state index contributed by atoms with van der Waals surface area (Å²) in [6.07, 6.45) is 5.22. The number of nitrogens with zero attached hydrogens (tertiary/aromatic N) is 1. The highest BCUT2D eigenvalue weighted by Crippen LogP contribution is 2.13. The normalized spacial score (nSPS) is 17.1. The van der Waals surface area contributed by atoms with Gasteiger partial charge in [0.15, 0.2) is 0 Å². The summed E-state index contributed by atoms with van der Waals surface area (Å²) < 4.78 is 0. The predicted octanol–water partition coefficient (Wildman–Crippen LogP) is 3.23. The van der Waals surface area contributed by atoms with Crippen LogP contribution in [0.1, 0.15) is 37.3 Å². The zero-order valence-corrected chi connectivity index (χ0v) is 9.71. The summed E-state index contributed by atoms with van der Waals surface area (Å²) in [5.41, 5.74) is 2.94. The van der Waals surface area contributed by atoms with E-state index in [9.17, 15) is 0 Å². The molecule has 0 saturated carbocycles. The molecule has 0 unspecified atom stereocenters. The lowest BCUT2D eigenvalue weighted by molar-refractivity contribution is 0.331. The smallest absolute Gasteiger partial charge is 0.0233 e. The van der Waals surface area contributed by atoms with E-state index in [2.05, 4.69) is 36.1 Å². The Morgan fingerprint density at radius 2 is 1.60 bits per heavy atom. The van der Waals surface area contributed by atoms with E-state index in [0.717, 1.165) is 6.54 Å². The van der Waals surface area contributed by atoms with Gasteiger partial charge in [0.2, 0.25) is 0 Å². The summed E-state index contributed by atoms with van der Waals surface area (Å²) in [6.45, 7) is 5.96. The van der Waals surface area contributed by atoms with Gasteiger partial charge >= 0.3 is 0 Å². The Labute approximate surface area is 93.1 Å². The van der Waals surface area contributed by atoms with Crippen LogP contribution in [0, 0.1) is 0 Å². The van der Waals surface area contributed by atoms with Crippen molar-refractivity contribution in [2.45, 2.75) is 39.2 Å². The maximum Gasteiger partial charge on any atom is 0.0233 e. The van der Waals surface area contributed by atoms with Crippen LogP contribution in [0.3, 0.4) is 0 Å². The van der Waals surface area contributed by atoms with Crippen LogP contribution in [0.15, 0.2) is 24.3 Å². The van der Waals surface area contributed by atoms with Gasteiger partial charge in [-0.25, -0.2) is 0 Å². The van der Waals surface area contributed by atoms with Crippen LogP contribution in [0.2, 0.25) is 0 Å². The third-order valence-electron chi connectivity index (χ3n) is 3.17. The van der Waals surface area contributed by atoms with Crippen molar-refractivity contribution in [2.24, 2.45) is 0 Å². The summed E-state index contributed by atoms with van der Waals surface area (Å²) in [6, 6.07) is 9.16. The Morgan fingerprint density at radius 3 is 2.20 bits per heavy atom. The van der Waals surface area contributed by atoms with Gasteiger partial charge in [-0.2, -0.15) is 0 Å². The lowest BCUT2D eigenvalue weighted by Gasteiger charge is -2.14. The molecule has 0 aromatic heterocycles. The van der Waals surface area contributed by atoms with Crippen molar-refractivity contribution in [2.75, 3.05) is 13.1 Å². The van der Waals surface area contributed by atoms with Crippen LogP contribution >= 0.6 is 0 Å². The van der Waals surface area contributed by atoms with E-state index in [1.807, 2.05) is 0 Å². The molecule has 1 aromatic carbocycles. The Bertz CT molecular complexity index is 283. The van der Waals surface area contributed by atoms with Crippen molar-refractivity contribution < 1.29 is 0 Å². The third kappa shape index (κ3) is 3.07. The molecule has 0 N–H and O–H groups in total. The highest BCUT2D eigenvalue weighted by Gasteiger charge is 2.11. The maximum atomic E-state index is 2.55. The third-order valence-corrected chi connectivity index (χ3v) is 3.17. The second-order valence-electron chi connectivity index (χ2n) is 4.55. The van der Waals surface area contributed by atoms with Gasteiger partial charge in [-0.05, 0) is 43.5 Å². The Kier molecular flexibility index (Phi) is 3.79. The average Bonchev–Trinajstić information content (AvgIpc) is 2.74. The van der Waals surface area contributed by atoms with Gasteiger partial charge in [-0.1, -0.05) is 37.6 Å². The van der Waals surface area contributed by atoms with Gasteiger partial charge in [0, 0.05) is 6.54 Å². The average molecular weight is 203 g/mol. The summed E-state index contributed by atoms with van der Waals surface area (Å²) in [5.74, 6) is 0. The van der Waals surface area contributed by atoms with Crippen LogP contribution < -0.4 is 0 Å². The molecule has 0 atom stereocenters. The second kappa shape index (κ2) is 5.32. The molecule has 1 aromatic rings. The van der Waals surface area contributed by atoms with Gasteiger partial charge in [0.25, 0.3) is 0 Å². The molecule has 1 aliphatic heterocycles. The van der Waals surface area contributed by atoms with E-state index in [-0.39, 0.29) is 0 Å². The molecule has 0 amide bonds. The Hall–Kier alpha value is -0.820. The van der Waals surface area contributed by atoms with E-state index in [1.54, 1.807) is 0 Å². The first-order valence-corrected chi connectivity index (χ1v) is 6.18. The molecule has 1 heteroatoms. The molecule has 15 heavy (non-hydrogen) atoms. The standard InChI is InChI=1S/C14H21N/c1-2-5-13-6-8-14(9-7-13)12-15-10-3-4-11-15/h6-9H,2-5,10-12H2,1H3. The number of hydrogen-bond acceptors (Lipinski definition) is 1. The van der Waals surface area contributed by atoms with E-state index in [0.29, 0.717) is 0 Å². The van der Waals surface area contributed by atoms with Crippen LogP contribution in [0.5, 0.6) is 0 Å². The highest BCUT2D eigenvalue weighted by molar-refractivity contribution is 5.22. The molecular formula is C14H21N. The zero-order valence-electron chi connectivity index (χ0n) is 9.71. The van der Waals surface area contributed by atoms with Crippen molar-refractivity contribution in [3.8, 4) is 0 Å². The minimum atomic E-state index is 1.15. The lowest BCUT2D eigenvalue weighted by Crippen LogP contribution is -2.18.